The molecule has 1 saturated carbocycles. The molecular weight excluding hydrogens is 377 g/mol. The van der Waals surface area contributed by atoms with E-state index in [4.69, 9.17) is 10.5 Å². The van der Waals surface area contributed by atoms with Crippen molar-refractivity contribution in [1.82, 2.24) is 9.97 Å². The molecule has 0 spiro atoms. The Morgan fingerprint density at radius 2 is 2.17 bits per heavy atom. The third-order valence-electron chi connectivity index (χ3n) is 4.96. The van der Waals surface area contributed by atoms with Crippen LogP contribution >= 0.6 is 0 Å². The van der Waals surface area contributed by atoms with Crippen LogP contribution in [0.4, 0.5) is 21.7 Å². The number of hydrogen-bond acceptors (Lipinski definition) is 6. The number of fused-ring (bicyclic) bond motifs is 2. The molecule has 3 heterocycles. The number of anilines is 3. The second-order valence-corrected chi connectivity index (χ2v) is 7.05. The maximum Gasteiger partial charge on any atom is 0.262 e. The second-order valence-electron chi connectivity index (χ2n) is 7.05. The predicted octanol–water partition coefficient (Wildman–Crippen LogP) is 2.51. The van der Waals surface area contributed by atoms with Crippen molar-refractivity contribution in [2.45, 2.75) is 12.6 Å². The molecule has 0 radical (unpaired) electrons. The second kappa shape index (κ2) is 6.40. The minimum atomic E-state index is -1.08. The first-order chi connectivity index (χ1) is 14.0. The SMILES string of the molecule is Nc1nc(-c2cccc3c2OCC(=O)N3)cc2cc(NC(=O)[C@H]3C[C@H]3F)ncc12. The number of aromatic nitrogens is 2. The topological polar surface area (TPSA) is 119 Å². The monoisotopic (exact) mass is 393 g/mol. The first-order valence-corrected chi connectivity index (χ1v) is 9.07. The Balaban J connectivity index is 1.55. The molecule has 0 bridgehead atoms. The fourth-order valence-corrected chi connectivity index (χ4v) is 3.35. The highest BCUT2D eigenvalue weighted by Gasteiger charge is 2.43. The molecule has 146 valence electrons. The maximum atomic E-state index is 13.1. The number of benzene rings is 1. The summed E-state index contributed by atoms with van der Waals surface area (Å²) in [6.07, 6.45) is 0.691. The summed E-state index contributed by atoms with van der Waals surface area (Å²) in [7, 11) is 0. The molecule has 2 amide bonds. The zero-order valence-corrected chi connectivity index (χ0v) is 15.1. The number of alkyl halides is 1. The average Bonchev–Trinajstić information content (AvgIpc) is 3.44. The number of rotatable bonds is 3. The third-order valence-corrected chi connectivity index (χ3v) is 4.96. The van der Waals surface area contributed by atoms with Gasteiger partial charge in [0.25, 0.3) is 5.91 Å². The van der Waals surface area contributed by atoms with E-state index in [1.165, 1.54) is 6.20 Å². The summed E-state index contributed by atoms with van der Waals surface area (Å²) in [6.45, 7) is -0.0795. The molecule has 5 rings (SSSR count). The van der Waals surface area contributed by atoms with Gasteiger partial charge in [0, 0.05) is 17.1 Å². The van der Waals surface area contributed by atoms with Crippen LogP contribution in [-0.2, 0) is 9.59 Å². The van der Waals surface area contributed by atoms with Crippen LogP contribution in [0.3, 0.4) is 0 Å². The van der Waals surface area contributed by atoms with Gasteiger partial charge in [0.05, 0.1) is 17.3 Å². The molecular formula is C20H16FN5O3. The van der Waals surface area contributed by atoms with E-state index < -0.39 is 12.1 Å². The number of nitrogens with zero attached hydrogens (tertiary/aromatic N) is 2. The first-order valence-electron chi connectivity index (χ1n) is 9.07. The number of carbonyl (C=O) groups excluding carboxylic acids is 2. The van der Waals surface area contributed by atoms with Gasteiger partial charge in [-0.1, -0.05) is 6.07 Å². The zero-order chi connectivity index (χ0) is 20.1. The fraction of sp³-hybridized carbons (Fsp3) is 0.200. The van der Waals surface area contributed by atoms with Crippen LogP contribution in [-0.4, -0.2) is 34.6 Å². The molecule has 0 unspecified atom stereocenters. The molecule has 1 aromatic carbocycles. The first kappa shape index (κ1) is 17.4. The number of carbonyl (C=O) groups is 2. The Morgan fingerprint density at radius 1 is 1.34 bits per heavy atom. The standard InChI is InChI=1S/C20H16FN5O3/c21-13-6-11(13)20(28)26-16-5-9-4-15(25-19(22)12(9)7-23-16)10-2-1-3-14-18(10)29-8-17(27)24-14/h1-5,7,11,13H,6,8H2,(H2,22,25)(H,24,27)(H,23,26,28)/t11-,13+/m0/s1. The molecule has 3 aromatic rings. The molecule has 1 aliphatic heterocycles. The highest BCUT2D eigenvalue weighted by molar-refractivity contribution is 6.00. The third kappa shape index (κ3) is 3.10. The van der Waals surface area contributed by atoms with Gasteiger partial charge >= 0.3 is 0 Å². The molecule has 2 aromatic heterocycles. The number of hydrogen-bond donors (Lipinski definition) is 3. The molecule has 29 heavy (non-hydrogen) atoms. The molecule has 2 atom stereocenters. The number of para-hydroxylation sites is 1. The number of halogens is 1. The van der Waals surface area contributed by atoms with Gasteiger partial charge in [-0.25, -0.2) is 14.4 Å². The lowest BCUT2D eigenvalue weighted by molar-refractivity contribution is -0.119. The van der Waals surface area contributed by atoms with Crippen molar-refractivity contribution in [2.24, 2.45) is 5.92 Å². The molecule has 8 nitrogen and oxygen atoms in total. The number of amides is 2. The van der Waals surface area contributed by atoms with Crippen LogP contribution < -0.4 is 21.1 Å². The minimum absolute atomic E-state index is 0.0795. The molecule has 1 aliphatic carbocycles. The van der Waals surface area contributed by atoms with E-state index in [1.807, 2.05) is 6.07 Å². The van der Waals surface area contributed by atoms with E-state index in [1.54, 1.807) is 24.3 Å². The van der Waals surface area contributed by atoms with Crippen LogP contribution in [0.2, 0.25) is 0 Å². The molecule has 0 saturated heterocycles. The highest BCUT2D eigenvalue weighted by atomic mass is 19.1. The number of ether oxygens (including phenoxy) is 1. The van der Waals surface area contributed by atoms with Crippen molar-refractivity contribution in [1.29, 1.82) is 0 Å². The lowest BCUT2D eigenvalue weighted by Gasteiger charge is -2.20. The van der Waals surface area contributed by atoms with Gasteiger partial charge in [-0.3, -0.25) is 9.59 Å². The van der Waals surface area contributed by atoms with Crippen LogP contribution in [0, 0.1) is 5.92 Å². The van der Waals surface area contributed by atoms with Crippen LogP contribution in [0.1, 0.15) is 6.42 Å². The normalized spacial score (nSPS) is 19.8. The van der Waals surface area contributed by atoms with Gasteiger partial charge in [0.15, 0.2) is 12.4 Å². The van der Waals surface area contributed by atoms with Crippen molar-refractivity contribution in [3.63, 3.8) is 0 Å². The fourth-order valence-electron chi connectivity index (χ4n) is 3.35. The minimum Gasteiger partial charge on any atom is -0.481 e. The number of pyridine rings is 2. The summed E-state index contributed by atoms with van der Waals surface area (Å²) in [5, 5.41) is 6.73. The highest BCUT2D eigenvalue weighted by Crippen LogP contribution is 2.39. The summed E-state index contributed by atoms with van der Waals surface area (Å²) in [5.41, 5.74) is 7.91. The summed E-state index contributed by atoms with van der Waals surface area (Å²) >= 11 is 0. The van der Waals surface area contributed by atoms with Crippen molar-refractivity contribution >= 4 is 39.9 Å². The Hall–Kier alpha value is -3.75. The van der Waals surface area contributed by atoms with E-state index in [0.29, 0.717) is 39.3 Å². The Morgan fingerprint density at radius 3 is 2.97 bits per heavy atom. The molecule has 4 N–H and O–H groups in total. The number of nitrogens with one attached hydrogen (secondary N) is 2. The Bertz CT molecular complexity index is 1180. The predicted molar refractivity (Wildman–Crippen MR) is 105 cm³/mol. The smallest absolute Gasteiger partial charge is 0.262 e. The molecule has 9 heteroatoms. The largest absolute Gasteiger partial charge is 0.481 e. The molecule has 2 aliphatic rings. The summed E-state index contributed by atoms with van der Waals surface area (Å²) in [4.78, 5) is 32.2. The number of nitrogens with two attached hydrogens (primary N) is 1. The average molecular weight is 393 g/mol. The van der Waals surface area contributed by atoms with Crippen LogP contribution in [0.5, 0.6) is 5.75 Å². The molecule has 1 fully saturated rings. The quantitative estimate of drug-likeness (QED) is 0.629. The van der Waals surface area contributed by atoms with E-state index in [2.05, 4.69) is 20.6 Å². The lowest BCUT2D eigenvalue weighted by Crippen LogP contribution is -2.25. The van der Waals surface area contributed by atoms with Crippen molar-refractivity contribution < 1.29 is 18.7 Å². The van der Waals surface area contributed by atoms with Gasteiger partial charge in [-0.15, -0.1) is 0 Å². The lowest BCUT2D eigenvalue weighted by atomic mass is 10.1. The van der Waals surface area contributed by atoms with E-state index >= 15 is 0 Å². The van der Waals surface area contributed by atoms with Crippen molar-refractivity contribution in [2.75, 3.05) is 23.0 Å². The van der Waals surface area contributed by atoms with Gasteiger partial charge in [-0.2, -0.15) is 0 Å². The van der Waals surface area contributed by atoms with Crippen LogP contribution in [0.15, 0.2) is 36.5 Å². The Kier molecular flexibility index (Phi) is 3.83. The van der Waals surface area contributed by atoms with E-state index in [9.17, 15) is 14.0 Å². The summed E-state index contributed by atoms with van der Waals surface area (Å²) < 4.78 is 18.7. The number of nitrogen functional groups attached to an aromatic ring is 1. The maximum absolute atomic E-state index is 13.1. The van der Waals surface area contributed by atoms with Gasteiger partial charge < -0.3 is 21.1 Å². The van der Waals surface area contributed by atoms with Gasteiger partial charge in [-0.05, 0) is 36.1 Å². The summed E-state index contributed by atoms with van der Waals surface area (Å²) in [5.74, 6) is -0.105. The van der Waals surface area contributed by atoms with E-state index in [0.717, 1.165) is 0 Å². The van der Waals surface area contributed by atoms with E-state index in [-0.39, 0.29) is 30.7 Å². The zero-order valence-electron chi connectivity index (χ0n) is 15.1. The van der Waals surface area contributed by atoms with Gasteiger partial charge in [0.2, 0.25) is 5.91 Å². The Labute approximate surface area is 164 Å². The summed E-state index contributed by atoms with van der Waals surface area (Å²) in [6, 6.07) is 8.82. The van der Waals surface area contributed by atoms with Gasteiger partial charge in [0.1, 0.15) is 17.8 Å². The van der Waals surface area contributed by atoms with Crippen LogP contribution in [0.25, 0.3) is 22.0 Å². The van der Waals surface area contributed by atoms with Crippen molar-refractivity contribution in [3.05, 3.63) is 36.5 Å². The van der Waals surface area contributed by atoms with Crippen molar-refractivity contribution in [3.8, 4) is 17.0 Å².